The van der Waals surface area contributed by atoms with Crippen molar-refractivity contribution < 1.29 is 17.9 Å². The highest BCUT2D eigenvalue weighted by Gasteiger charge is 2.23. The highest BCUT2D eigenvalue weighted by molar-refractivity contribution is 7.92. The van der Waals surface area contributed by atoms with Crippen LogP contribution in [0, 0.1) is 13.8 Å². The number of rotatable bonds is 7. The first-order valence-corrected chi connectivity index (χ1v) is 9.64. The Balaban J connectivity index is 2.33. The van der Waals surface area contributed by atoms with Gasteiger partial charge < -0.3 is 10.1 Å². The fraction of sp³-hybridized carbons (Fsp3) is 0.316. The van der Waals surface area contributed by atoms with Gasteiger partial charge in [-0.15, -0.1) is 0 Å². The lowest BCUT2D eigenvalue weighted by Crippen LogP contribution is -2.29. The number of carbonyl (C=O) groups excluding carboxylic acids is 1. The van der Waals surface area contributed by atoms with Gasteiger partial charge in [0.25, 0.3) is 15.9 Å². The van der Waals surface area contributed by atoms with E-state index in [1.807, 2.05) is 13.8 Å². The van der Waals surface area contributed by atoms with Crippen LogP contribution in [-0.2, 0) is 14.8 Å². The smallest absolute Gasteiger partial charge is 0.264 e. The number of amides is 1. The van der Waals surface area contributed by atoms with Crippen LogP contribution in [0.1, 0.15) is 21.5 Å². The number of ether oxygens (including phenoxy) is 1. The van der Waals surface area contributed by atoms with E-state index < -0.39 is 10.0 Å². The number of nitrogens with one attached hydrogen (secondary N) is 1. The van der Waals surface area contributed by atoms with Gasteiger partial charge in [0.2, 0.25) is 0 Å². The maximum Gasteiger partial charge on any atom is 0.264 e. The van der Waals surface area contributed by atoms with Crippen LogP contribution in [0.2, 0.25) is 0 Å². The summed E-state index contributed by atoms with van der Waals surface area (Å²) < 4.78 is 31.9. The van der Waals surface area contributed by atoms with E-state index in [9.17, 15) is 13.2 Å². The lowest BCUT2D eigenvalue weighted by atomic mass is 10.1. The van der Waals surface area contributed by atoms with E-state index in [4.69, 9.17) is 4.74 Å². The SMILES string of the molecule is COCCNC(=O)c1ccc(C)c(N(C)S(=O)(=O)c2ccc(C)cc2)c1. The summed E-state index contributed by atoms with van der Waals surface area (Å²) in [6.07, 6.45) is 0. The maximum atomic E-state index is 12.9. The van der Waals surface area contributed by atoms with Gasteiger partial charge in [0.05, 0.1) is 17.2 Å². The Labute approximate surface area is 154 Å². The molecule has 0 aliphatic carbocycles. The van der Waals surface area contributed by atoms with Gasteiger partial charge in [0.1, 0.15) is 0 Å². The third-order valence-corrected chi connectivity index (χ3v) is 5.87. The molecule has 0 atom stereocenters. The van der Waals surface area contributed by atoms with Crippen molar-refractivity contribution in [2.75, 3.05) is 31.6 Å². The van der Waals surface area contributed by atoms with Gasteiger partial charge in [-0.25, -0.2) is 8.42 Å². The molecular weight excluding hydrogens is 352 g/mol. The zero-order valence-corrected chi connectivity index (χ0v) is 16.3. The molecule has 140 valence electrons. The molecule has 2 aromatic carbocycles. The predicted molar refractivity (Wildman–Crippen MR) is 102 cm³/mol. The van der Waals surface area contributed by atoms with Crippen LogP contribution in [0.25, 0.3) is 0 Å². The number of hydrogen-bond donors (Lipinski definition) is 1. The average molecular weight is 376 g/mol. The van der Waals surface area contributed by atoms with Crippen LogP contribution in [0.4, 0.5) is 5.69 Å². The van der Waals surface area contributed by atoms with Crippen molar-refractivity contribution in [3.63, 3.8) is 0 Å². The lowest BCUT2D eigenvalue weighted by molar-refractivity contribution is 0.0937. The van der Waals surface area contributed by atoms with Gasteiger partial charge in [0.15, 0.2) is 0 Å². The molecule has 26 heavy (non-hydrogen) atoms. The van der Waals surface area contributed by atoms with E-state index in [0.29, 0.717) is 24.4 Å². The molecule has 0 aliphatic rings. The minimum absolute atomic E-state index is 0.208. The Morgan fingerprint density at radius 2 is 1.77 bits per heavy atom. The Hall–Kier alpha value is -2.38. The highest BCUT2D eigenvalue weighted by Crippen LogP contribution is 2.26. The summed E-state index contributed by atoms with van der Waals surface area (Å²) in [6.45, 7) is 4.50. The zero-order valence-electron chi connectivity index (χ0n) is 15.4. The summed E-state index contributed by atoms with van der Waals surface area (Å²) in [5.41, 5.74) is 2.60. The van der Waals surface area contributed by atoms with Gasteiger partial charge in [-0.05, 0) is 43.7 Å². The molecule has 0 heterocycles. The van der Waals surface area contributed by atoms with Crippen LogP contribution in [0.15, 0.2) is 47.4 Å². The molecule has 2 aromatic rings. The maximum absolute atomic E-state index is 12.9. The van der Waals surface area contributed by atoms with Crippen molar-refractivity contribution in [3.05, 3.63) is 59.2 Å². The number of anilines is 1. The van der Waals surface area contributed by atoms with Gasteiger partial charge >= 0.3 is 0 Å². The van der Waals surface area contributed by atoms with Crippen molar-refractivity contribution >= 4 is 21.6 Å². The second-order valence-electron chi connectivity index (χ2n) is 6.04. The van der Waals surface area contributed by atoms with Crippen molar-refractivity contribution in [1.82, 2.24) is 5.32 Å². The molecule has 1 N–H and O–H groups in total. The molecule has 2 rings (SSSR count). The second-order valence-corrected chi connectivity index (χ2v) is 8.00. The summed E-state index contributed by atoms with van der Waals surface area (Å²) in [5.74, 6) is -0.274. The van der Waals surface area contributed by atoms with E-state index in [2.05, 4.69) is 5.32 Å². The first kappa shape index (κ1) is 19.9. The molecule has 0 bridgehead atoms. The molecule has 0 aromatic heterocycles. The topological polar surface area (TPSA) is 75.7 Å². The number of methoxy groups -OCH3 is 1. The third kappa shape index (κ3) is 4.42. The summed E-state index contributed by atoms with van der Waals surface area (Å²) in [6, 6.07) is 11.7. The number of sulfonamides is 1. The van der Waals surface area contributed by atoms with E-state index in [1.165, 1.54) is 11.4 Å². The zero-order chi connectivity index (χ0) is 19.3. The van der Waals surface area contributed by atoms with E-state index in [0.717, 1.165) is 11.1 Å². The molecule has 0 saturated heterocycles. The quantitative estimate of drug-likeness (QED) is 0.754. The van der Waals surface area contributed by atoms with E-state index >= 15 is 0 Å². The molecule has 7 heteroatoms. The molecule has 0 saturated carbocycles. The van der Waals surface area contributed by atoms with Crippen molar-refractivity contribution in [2.45, 2.75) is 18.7 Å². The molecule has 0 radical (unpaired) electrons. The fourth-order valence-corrected chi connectivity index (χ4v) is 3.71. The summed E-state index contributed by atoms with van der Waals surface area (Å²) in [4.78, 5) is 12.4. The standard InChI is InChI=1S/C19H24N2O4S/c1-14-5-9-17(10-6-14)26(23,24)21(3)18-13-16(8-7-15(18)2)19(22)20-11-12-25-4/h5-10,13H,11-12H2,1-4H3,(H,20,22). The molecule has 0 spiro atoms. The lowest BCUT2D eigenvalue weighted by Gasteiger charge is -2.22. The van der Waals surface area contributed by atoms with E-state index in [1.54, 1.807) is 49.6 Å². The molecule has 6 nitrogen and oxygen atoms in total. The Bertz CT molecular complexity index is 877. The van der Waals surface area contributed by atoms with Gasteiger partial charge in [0, 0.05) is 26.3 Å². The monoisotopic (exact) mass is 376 g/mol. The highest BCUT2D eigenvalue weighted by atomic mass is 32.2. The van der Waals surface area contributed by atoms with Crippen LogP contribution < -0.4 is 9.62 Å². The molecule has 0 unspecified atom stereocenters. The number of aryl methyl sites for hydroxylation is 2. The number of hydrogen-bond acceptors (Lipinski definition) is 4. The predicted octanol–water partition coefficient (Wildman–Crippen LogP) is 2.50. The van der Waals surface area contributed by atoms with Crippen LogP contribution in [-0.4, -0.2) is 41.6 Å². The first-order chi connectivity index (χ1) is 12.3. The molecule has 1 amide bonds. The minimum Gasteiger partial charge on any atom is -0.383 e. The number of nitrogens with zero attached hydrogens (tertiary/aromatic N) is 1. The normalized spacial score (nSPS) is 11.2. The summed E-state index contributed by atoms with van der Waals surface area (Å²) in [5, 5.41) is 2.73. The second kappa shape index (κ2) is 8.33. The van der Waals surface area contributed by atoms with Crippen LogP contribution in [0.5, 0.6) is 0 Å². The van der Waals surface area contributed by atoms with Gasteiger partial charge in [-0.2, -0.15) is 0 Å². The summed E-state index contributed by atoms with van der Waals surface area (Å²) in [7, 11) is -0.666. The number of benzene rings is 2. The van der Waals surface area contributed by atoms with Crippen molar-refractivity contribution in [2.24, 2.45) is 0 Å². The van der Waals surface area contributed by atoms with Crippen molar-refractivity contribution in [3.8, 4) is 0 Å². The molecule has 0 aliphatic heterocycles. The Morgan fingerprint density at radius 1 is 1.12 bits per heavy atom. The Morgan fingerprint density at radius 3 is 2.38 bits per heavy atom. The van der Waals surface area contributed by atoms with Gasteiger partial charge in [-0.3, -0.25) is 9.10 Å². The average Bonchev–Trinajstić information content (AvgIpc) is 2.62. The van der Waals surface area contributed by atoms with Gasteiger partial charge in [-0.1, -0.05) is 23.8 Å². The van der Waals surface area contributed by atoms with Crippen LogP contribution >= 0.6 is 0 Å². The van der Waals surface area contributed by atoms with Crippen LogP contribution in [0.3, 0.4) is 0 Å². The fourth-order valence-electron chi connectivity index (χ4n) is 2.46. The third-order valence-electron chi connectivity index (χ3n) is 4.08. The summed E-state index contributed by atoms with van der Waals surface area (Å²) >= 11 is 0. The molecule has 0 fully saturated rings. The molecular formula is C19H24N2O4S. The first-order valence-electron chi connectivity index (χ1n) is 8.20. The number of carbonyl (C=O) groups is 1. The van der Waals surface area contributed by atoms with Crippen molar-refractivity contribution in [1.29, 1.82) is 0 Å². The largest absolute Gasteiger partial charge is 0.383 e. The van der Waals surface area contributed by atoms with E-state index in [-0.39, 0.29) is 10.8 Å². The Kier molecular flexibility index (Phi) is 6.39. The minimum atomic E-state index is -3.71.